The van der Waals surface area contributed by atoms with Gasteiger partial charge in [-0.1, -0.05) is 6.07 Å². The average Bonchev–Trinajstić information content (AvgIpc) is 3.11. The molecule has 1 aromatic heterocycles. The lowest BCUT2D eigenvalue weighted by atomic mass is 10.1. The Morgan fingerprint density at radius 1 is 1.47 bits per heavy atom. The van der Waals surface area contributed by atoms with Gasteiger partial charge in [0.25, 0.3) is 0 Å². The summed E-state index contributed by atoms with van der Waals surface area (Å²) < 4.78 is 15.6. The molecule has 1 aliphatic carbocycles. The summed E-state index contributed by atoms with van der Waals surface area (Å²) in [6.45, 7) is 0. The van der Waals surface area contributed by atoms with Crippen LogP contribution in [0, 0.1) is 5.82 Å². The highest BCUT2D eigenvalue weighted by Gasteiger charge is 2.27. The monoisotopic (exact) mass is 324 g/mol. The number of aliphatic hydroxyl groups is 1. The molecule has 5 heteroatoms. The predicted molar refractivity (Wildman–Crippen MR) is 73.3 cm³/mol. The first-order valence-electron chi connectivity index (χ1n) is 6.29. The van der Waals surface area contributed by atoms with Crippen LogP contribution in [-0.2, 0) is 6.42 Å². The number of imidazole rings is 1. The van der Waals surface area contributed by atoms with E-state index < -0.39 is 6.10 Å². The molecule has 100 valence electrons. The molecular formula is C14H14BrFN2O. The molecule has 1 aromatic carbocycles. The van der Waals surface area contributed by atoms with Gasteiger partial charge in [0.05, 0.1) is 28.8 Å². The highest BCUT2D eigenvalue weighted by atomic mass is 79.9. The second-order valence-corrected chi connectivity index (χ2v) is 5.78. The minimum atomic E-state index is -0.611. The number of rotatable bonds is 4. The fourth-order valence-electron chi connectivity index (χ4n) is 2.23. The Labute approximate surface area is 119 Å². The Hall–Kier alpha value is -1.20. The Kier molecular flexibility index (Phi) is 3.41. The maximum Gasteiger partial charge on any atom is 0.137 e. The molecule has 3 rings (SSSR count). The Balaban J connectivity index is 1.78. The third-order valence-electron chi connectivity index (χ3n) is 3.39. The van der Waals surface area contributed by atoms with Crippen molar-refractivity contribution < 1.29 is 9.50 Å². The molecule has 19 heavy (non-hydrogen) atoms. The Morgan fingerprint density at radius 3 is 2.95 bits per heavy atom. The fraction of sp³-hybridized carbons (Fsp3) is 0.357. The van der Waals surface area contributed by atoms with Crippen molar-refractivity contribution in [3.8, 4) is 0 Å². The van der Waals surface area contributed by atoms with Crippen LogP contribution in [0.3, 0.4) is 0 Å². The number of halogens is 2. The van der Waals surface area contributed by atoms with Gasteiger partial charge in [0.15, 0.2) is 0 Å². The maximum atomic E-state index is 13.2. The van der Waals surface area contributed by atoms with Crippen molar-refractivity contribution in [3.63, 3.8) is 0 Å². The van der Waals surface area contributed by atoms with Gasteiger partial charge < -0.3 is 9.67 Å². The van der Waals surface area contributed by atoms with Crippen LogP contribution in [0.2, 0.25) is 0 Å². The SMILES string of the molecule is OC(Cc1ccc(F)c(Br)c1)c1cncn1C1CC1. The molecule has 0 aliphatic heterocycles. The van der Waals surface area contributed by atoms with Gasteiger partial charge in [-0.3, -0.25) is 0 Å². The minimum absolute atomic E-state index is 0.290. The van der Waals surface area contributed by atoms with Crippen LogP contribution >= 0.6 is 15.9 Å². The van der Waals surface area contributed by atoms with Crippen molar-refractivity contribution in [3.05, 3.63) is 52.3 Å². The first-order chi connectivity index (χ1) is 9.15. The third kappa shape index (κ3) is 2.72. The third-order valence-corrected chi connectivity index (χ3v) is 4.00. The van der Waals surface area contributed by atoms with E-state index >= 15 is 0 Å². The van der Waals surface area contributed by atoms with Crippen molar-refractivity contribution in [1.82, 2.24) is 9.55 Å². The van der Waals surface area contributed by atoms with Crippen molar-refractivity contribution in [2.24, 2.45) is 0 Å². The predicted octanol–water partition coefficient (Wildman–Crippen LogP) is 3.40. The highest BCUT2D eigenvalue weighted by Crippen LogP contribution is 2.37. The van der Waals surface area contributed by atoms with Gasteiger partial charge in [-0.2, -0.15) is 0 Å². The van der Waals surface area contributed by atoms with Gasteiger partial charge in [-0.25, -0.2) is 9.37 Å². The van der Waals surface area contributed by atoms with E-state index in [4.69, 9.17) is 0 Å². The normalized spacial score (nSPS) is 16.6. The van der Waals surface area contributed by atoms with E-state index in [1.54, 1.807) is 24.7 Å². The smallest absolute Gasteiger partial charge is 0.137 e. The van der Waals surface area contributed by atoms with Crippen LogP contribution in [0.1, 0.15) is 36.2 Å². The molecule has 2 aromatic rings. The molecule has 1 fully saturated rings. The van der Waals surface area contributed by atoms with Crippen LogP contribution in [0.4, 0.5) is 4.39 Å². The molecule has 1 unspecified atom stereocenters. The minimum Gasteiger partial charge on any atom is -0.386 e. The molecule has 0 saturated heterocycles. The standard InChI is InChI=1S/C14H14BrFN2O/c15-11-5-9(1-4-12(11)16)6-14(19)13-7-17-8-18(13)10-2-3-10/h1,4-5,7-8,10,14,19H,2-3,6H2. The average molecular weight is 325 g/mol. The van der Waals surface area contributed by atoms with E-state index in [1.165, 1.54) is 6.07 Å². The molecule has 1 aliphatic rings. The molecule has 3 nitrogen and oxygen atoms in total. The molecule has 0 bridgehead atoms. The fourth-order valence-corrected chi connectivity index (χ4v) is 2.65. The van der Waals surface area contributed by atoms with E-state index in [9.17, 15) is 9.50 Å². The first kappa shape index (κ1) is 12.8. The number of aliphatic hydroxyl groups excluding tert-OH is 1. The van der Waals surface area contributed by atoms with E-state index in [1.807, 2.05) is 4.57 Å². The van der Waals surface area contributed by atoms with Gasteiger partial charge in [0.1, 0.15) is 5.82 Å². The van der Waals surface area contributed by atoms with Gasteiger partial charge in [-0.05, 0) is 46.5 Å². The van der Waals surface area contributed by atoms with Gasteiger partial charge in [0.2, 0.25) is 0 Å². The van der Waals surface area contributed by atoms with Gasteiger partial charge in [-0.15, -0.1) is 0 Å². The molecule has 1 N–H and O–H groups in total. The lowest BCUT2D eigenvalue weighted by molar-refractivity contribution is 0.168. The molecule has 0 spiro atoms. The summed E-state index contributed by atoms with van der Waals surface area (Å²) in [5.74, 6) is -0.290. The van der Waals surface area contributed by atoms with Gasteiger partial charge in [0, 0.05) is 12.5 Å². The largest absolute Gasteiger partial charge is 0.386 e. The van der Waals surface area contributed by atoms with E-state index in [0.29, 0.717) is 16.9 Å². The zero-order valence-corrected chi connectivity index (χ0v) is 11.8. The van der Waals surface area contributed by atoms with Crippen LogP contribution in [0.25, 0.3) is 0 Å². The van der Waals surface area contributed by atoms with Crippen molar-refractivity contribution in [2.45, 2.75) is 31.4 Å². The van der Waals surface area contributed by atoms with E-state index in [0.717, 1.165) is 24.1 Å². The zero-order chi connectivity index (χ0) is 13.4. The molecule has 1 saturated carbocycles. The first-order valence-corrected chi connectivity index (χ1v) is 7.08. The summed E-state index contributed by atoms with van der Waals surface area (Å²) in [6.07, 6.45) is 5.63. The summed E-state index contributed by atoms with van der Waals surface area (Å²) in [5, 5.41) is 10.3. The summed E-state index contributed by atoms with van der Waals surface area (Å²) >= 11 is 3.16. The topological polar surface area (TPSA) is 38.1 Å². The molecular weight excluding hydrogens is 311 g/mol. The Morgan fingerprint density at radius 2 is 2.26 bits per heavy atom. The van der Waals surface area contributed by atoms with E-state index in [2.05, 4.69) is 20.9 Å². The molecule has 0 amide bonds. The zero-order valence-electron chi connectivity index (χ0n) is 10.3. The highest BCUT2D eigenvalue weighted by molar-refractivity contribution is 9.10. The van der Waals surface area contributed by atoms with Crippen LogP contribution < -0.4 is 0 Å². The number of hydrogen-bond donors (Lipinski definition) is 1. The van der Waals surface area contributed by atoms with Crippen LogP contribution in [0.5, 0.6) is 0 Å². The van der Waals surface area contributed by atoms with Gasteiger partial charge >= 0.3 is 0 Å². The molecule has 1 heterocycles. The number of aromatic nitrogens is 2. The summed E-state index contributed by atoms with van der Waals surface area (Å²) in [7, 11) is 0. The van der Waals surface area contributed by atoms with Crippen molar-refractivity contribution in [1.29, 1.82) is 0 Å². The molecule has 0 radical (unpaired) electrons. The quantitative estimate of drug-likeness (QED) is 0.936. The van der Waals surface area contributed by atoms with Crippen molar-refractivity contribution in [2.75, 3.05) is 0 Å². The maximum absolute atomic E-state index is 13.2. The molecule has 1 atom stereocenters. The number of nitrogens with zero attached hydrogens (tertiary/aromatic N) is 2. The second-order valence-electron chi connectivity index (χ2n) is 4.93. The lowest BCUT2D eigenvalue weighted by Gasteiger charge is -2.13. The van der Waals surface area contributed by atoms with Crippen molar-refractivity contribution >= 4 is 15.9 Å². The number of hydrogen-bond acceptors (Lipinski definition) is 2. The lowest BCUT2D eigenvalue weighted by Crippen LogP contribution is -2.08. The van der Waals surface area contributed by atoms with E-state index in [-0.39, 0.29) is 5.82 Å². The summed E-state index contributed by atoms with van der Waals surface area (Å²) in [4.78, 5) is 4.11. The van der Waals surface area contributed by atoms with Crippen LogP contribution in [0.15, 0.2) is 35.2 Å². The second kappa shape index (κ2) is 5.06. The Bertz CT molecular complexity index is 595. The van der Waals surface area contributed by atoms with Crippen LogP contribution in [-0.4, -0.2) is 14.7 Å². The number of benzene rings is 1. The summed E-state index contributed by atoms with van der Waals surface area (Å²) in [6, 6.07) is 5.30. The summed E-state index contributed by atoms with van der Waals surface area (Å²) in [5.41, 5.74) is 1.73.